The van der Waals surface area contributed by atoms with Gasteiger partial charge in [0.05, 0.1) is 22.6 Å². The molecule has 0 atom stereocenters. The maximum Gasteiger partial charge on any atom is 0.416 e. The molecule has 0 unspecified atom stereocenters. The lowest BCUT2D eigenvalue weighted by molar-refractivity contribution is -0.139. The molecular formula is C18H18F3NO5. The minimum Gasteiger partial charge on any atom is -0.478 e. The highest BCUT2D eigenvalue weighted by atomic mass is 19.4. The van der Waals surface area contributed by atoms with Gasteiger partial charge in [0.25, 0.3) is 0 Å². The zero-order valence-corrected chi connectivity index (χ0v) is 14.8. The van der Waals surface area contributed by atoms with Crippen molar-refractivity contribution < 1.29 is 37.7 Å². The number of methoxy groups -OCH3 is 1. The molecule has 0 saturated heterocycles. The number of allylic oxidation sites excluding steroid dienone is 2. The quantitative estimate of drug-likeness (QED) is 0.808. The van der Waals surface area contributed by atoms with Crippen LogP contribution in [0.25, 0.3) is 0 Å². The lowest BCUT2D eigenvalue weighted by Gasteiger charge is -2.37. The van der Waals surface area contributed by atoms with Gasteiger partial charge in [0.1, 0.15) is 6.73 Å². The Kier molecular flexibility index (Phi) is 5.65. The van der Waals surface area contributed by atoms with E-state index >= 15 is 0 Å². The van der Waals surface area contributed by atoms with E-state index in [0.717, 1.165) is 12.1 Å². The summed E-state index contributed by atoms with van der Waals surface area (Å²) in [5.74, 6) is -4.57. The molecule has 2 N–H and O–H groups in total. The van der Waals surface area contributed by atoms with E-state index in [9.17, 15) is 33.0 Å². The summed E-state index contributed by atoms with van der Waals surface area (Å²) >= 11 is 0. The largest absolute Gasteiger partial charge is 0.478 e. The number of carbonyl (C=O) groups is 2. The standard InChI is InChI=1S/C18H18F3NO5/c1-9-13(16(23)24)15(11-6-4-5-7-12(11)18(19,20)21)14(17(25)26)10(2)22(9)8-27-3/h4-7,15H,8H2,1-3H3,(H,23,24)(H,25,26). The molecule has 146 valence electrons. The van der Waals surface area contributed by atoms with Gasteiger partial charge in [-0.25, -0.2) is 9.59 Å². The molecule has 0 bridgehead atoms. The van der Waals surface area contributed by atoms with Crippen molar-refractivity contribution >= 4 is 11.9 Å². The van der Waals surface area contributed by atoms with E-state index < -0.39 is 46.3 Å². The lowest BCUT2D eigenvalue weighted by Crippen LogP contribution is -2.35. The second-order valence-corrected chi connectivity index (χ2v) is 5.97. The summed E-state index contributed by atoms with van der Waals surface area (Å²) < 4.78 is 45.5. The Hall–Kier alpha value is -2.81. The average Bonchev–Trinajstić information content (AvgIpc) is 2.56. The summed E-state index contributed by atoms with van der Waals surface area (Å²) in [5, 5.41) is 19.4. The number of hydrogen-bond acceptors (Lipinski definition) is 4. The van der Waals surface area contributed by atoms with Crippen LogP contribution in [0.5, 0.6) is 0 Å². The number of halogens is 3. The molecule has 2 rings (SSSR count). The number of hydrogen-bond donors (Lipinski definition) is 2. The molecule has 0 aliphatic carbocycles. The Morgan fingerprint density at radius 3 is 1.96 bits per heavy atom. The maximum absolute atomic E-state index is 13.5. The highest BCUT2D eigenvalue weighted by Gasteiger charge is 2.43. The molecule has 0 amide bonds. The van der Waals surface area contributed by atoms with Gasteiger partial charge in [0, 0.05) is 18.5 Å². The van der Waals surface area contributed by atoms with Gasteiger partial charge in [0.2, 0.25) is 0 Å². The number of carboxylic acid groups (broad SMARTS) is 2. The van der Waals surface area contributed by atoms with Gasteiger partial charge in [-0.05, 0) is 25.5 Å². The van der Waals surface area contributed by atoms with Crippen LogP contribution < -0.4 is 0 Å². The van der Waals surface area contributed by atoms with Crippen LogP contribution in [-0.4, -0.2) is 40.9 Å². The Morgan fingerprint density at radius 1 is 1.07 bits per heavy atom. The molecule has 0 fully saturated rings. The Bertz CT molecular complexity index is 804. The first-order chi connectivity index (χ1) is 12.5. The predicted molar refractivity (Wildman–Crippen MR) is 88.6 cm³/mol. The Labute approximate surface area is 153 Å². The molecule has 1 aromatic carbocycles. The first kappa shape index (κ1) is 20.5. The van der Waals surface area contributed by atoms with Gasteiger partial charge < -0.3 is 19.8 Å². The van der Waals surface area contributed by atoms with Crippen molar-refractivity contribution in [3.63, 3.8) is 0 Å². The second-order valence-electron chi connectivity index (χ2n) is 5.97. The van der Waals surface area contributed by atoms with Crippen molar-refractivity contribution in [2.24, 2.45) is 0 Å². The van der Waals surface area contributed by atoms with Crippen molar-refractivity contribution in [3.8, 4) is 0 Å². The van der Waals surface area contributed by atoms with E-state index in [2.05, 4.69) is 0 Å². The third-order valence-electron chi connectivity index (χ3n) is 4.46. The van der Waals surface area contributed by atoms with Crippen molar-refractivity contribution in [1.29, 1.82) is 0 Å². The summed E-state index contributed by atoms with van der Waals surface area (Å²) in [6.45, 7) is 2.68. The molecule has 0 aromatic heterocycles. The molecule has 1 aromatic rings. The minimum absolute atomic E-state index is 0.119. The van der Waals surface area contributed by atoms with Crippen molar-refractivity contribution in [2.45, 2.75) is 25.9 Å². The van der Waals surface area contributed by atoms with E-state index in [4.69, 9.17) is 4.74 Å². The van der Waals surface area contributed by atoms with E-state index in [1.165, 1.54) is 38.0 Å². The summed E-state index contributed by atoms with van der Waals surface area (Å²) in [6.07, 6.45) is -4.77. The number of carboxylic acids is 2. The van der Waals surface area contributed by atoms with Gasteiger partial charge in [-0.2, -0.15) is 13.2 Å². The summed E-state index contributed by atoms with van der Waals surface area (Å²) in [7, 11) is 1.34. The highest BCUT2D eigenvalue weighted by molar-refractivity contribution is 5.98. The molecule has 1 aliphatic rings. The molecule has 6 nitrogen and oxygen atoms in total. The number of aliphatic carboxylic acids is 2. The fourth-order valence-electron chi connectivity index (χ4n) is 3.30. The van der Waals surface area contributed by atoms with Crippen LogP contribution in [0.15, 0.2) is 46.8 Å². The average molecular weight is 385 g/mol. The molecule has 0 radical (unpaired) electrons. The van der Waals surface area contributed by atoms with Crippen LogP contribution in [0.4, 0.5) is 13.2 Å². The molecule has 27 heavy (non-hydrogen) atoms. The smallest absolute Gasteiger partial charge is 0.416 e. The zero-order chi connectivity index (χ0) is 20.5. The van der Waals surface area contributed by atoms with E-state index in [0.29, 0.717) is 0 Å². The maximum atomic E-state index is 13.5. The fourth-order valence-corrected chi connectivity index (χ4v) is 3.30. The number of nitrogens with zero attached hydrogens (tertiary/aromatic N) is 1. The third kappa shape index (κ3) is 3.68. The molecule has 0 saturated carbocycles. The monoisotopic (exact) mass is 385 g/mol. The number of rotatable bonds is 5. The molecule has 9 heteroatoms. The summed E-state index contributed by atoms with van der Waals surface area (Å²) in [4.78, 5) is 25.1. The number of benzene rings is 1. The first-order valence-corrected chi connectivity index (χ1v) is 7.83. The van der Waals surface area contributed by atoms with Crippen molar-refractivity contribution in [1.82, 2.24) is 4.90 Å². The van der Waals surface area contributed by atoms with Crippen LogP contribution in [0.1, 0.15) is 30.9 Å². The molecular weight excluding hydrogens is 367 g/mol. The normalized spacial score (nSPS) is 16.1. The van der Waals surface area contributed by atoms with Gasteiger partial charge >= 0.3 is 18.1 Å². The van der Waals surface area contributed by atoms with Crippen molar-refractivity contribution in [3.05, 3.63) is 57.9 Å². The third-order valence-corrected chi connectivity index (χ3v) is 4.46. The number of alkyl halides is 3. The number of ether oxygens (including phenoxy) is 1. The van der Waals surface area contributed by atoms with Crippen molar-refractivity contribution in [2.75, 3.05) is 13.8 Å². The van der Waals surface area contributed by atoms with Crippen LogP contribution >= 0.6 is 0 Å². The lowest BCUT2D eigenvalue weighted by atomic mass is 9.78. The SMILES string of the molecule is COCN1C(C)=C(C(=O)O)C(c2ccccc2C(F)(F)F)C(C(=O)O)=C1C. The Balaban J connectivity index is 2.87. The second kappa shape index (κ2) is 7.43. The van der Waals surface area contributed by atoms with E-state index in [1.807, 2.05) is 0 Å². The highest BCUT2D eigenvalue weighted by Crippen LogP contribution is 2.45. The molecule has 0 spiro atoms. The van der Waals surface area contributed by atoms with Gasteiger partial charge in [-0.1, -0.05) is 18.2 Å². The minimum atomic E-state index is -4.77. The predicted octanol–water partition coefficient (Wildman–Crippen LogP) is 3.43. The Morgan fingerprint density at radius 2 is 1.56 bits per heavy atom. The van der Waals surface area contributed by atoms with Crippen LogP contribution in [0.2, 0.25) is 0 Å². The fraction of sp³-hybridized carbons (Fsp3) is 0.333. The molecule has 1 aliphatic heterocycles. The van der Waals surface area contributed by atoms with Crippen LogP contribution in [0, 0.1) is 0 Å². The van der Waals surface area contributed by atoms with Crippen LogP contribution in [0.3, 0.4) is 0 Å². The van der Waals surface area contributed by atoms with E-state index in [-0.39, 0.29) is 18.1 Å². The van der Waals surface area contributed by atoms with Gasteiger partial charge in [-0.3, -0.25) is 0 Å². The molecule has 1 heterocycles. The van der Waals surface area contributed by atoms with Crippen LogP contribution in [-0.2, 0) is 20.5 Å². The first-order valence-electron chi connectivity index (χ1n) is 7.83. The summed E-state index contributed by atoms with van der Waals surface area (Å²) in [6, 6.07) is 4.39. The topological polar surface area (TPSA) is 87.1 Å². The van der Waals surface area contributed by atoms with E-state index in [1.54, 1.807) is 0 Å². The summed E-state index contributed by atoms with van der Waals surface area (Å²) in [5.41, 5.74) is -2.13. The zero-order valence-electron chi connectivity index (χ0n) is 14.8. The van der Waals surface area contributed by atoms with Gasteiger partial charge in [0.15, 0.2) is 0 Å². The van der Waals surface area contributed by atoms with Gasteiger partial charge in [-0.15, -0.1) is 0 Å².